The Morgan fingerprint density at radius 1 is 1.19 bits per heavy atom. The quantitative estimate of drug-likeness (QED) is 0.667. The molecule has 0 spiro atoms. The van der Waals surface area contributed by atoms with E-state index in [1.165, 1.54) is 19.3 Å². The van der Waals surface area contributed by atoms with E-state index >= 15 is 0 Å². The molecule has 1 aliphatic rings. The Hall–Kier alpha value is -0.630. The Morgan fingerprint density at radius 2 is 1.75 bits per heavy atom. The topological polar surface area (TPSA) is 20.3 Å². The number of ketones is 1. The molecule has 0 aromatic carbocycles. The second kappa shape index (κ2) is 5.62. The van der Waals surface area contributed by atoms with E-state index in [1.807, 2.05) is 21.0 Å². The van der Waals surface area contributed by atoms with Crippen molar-refractivity contribution in [1.82, 2.24) is 4.90 Å². The molecule has 1 saturated carbocycles. The molecule has 0 heterocycles. The lowest BCUT2D eigenvalue weighted by Crippen LogP contribution is -2.52. The second-order valence-electron chi connectivity index (χ2n) is 5.37. The Morgan fingerprint density at radius 3 is 2.19 bits per heavy atom. The van der Waals surface area contributed by atoms with Crippen LogP contribution >= 0.6 is 0 Å². The molecule has 0 radical (unpaired) electrons. The van der Waals surface area contributed by atoms with E-state index in [2.05, 4.69) is 11.5 Å². The van der Waals surface area contributed by atoms with Crippen molar-refractivity contribution < 1.29 is 4.79 Å². The van der Waals surface area contributed by atoms with Gasteiger partial charge < -0.3 is 0 Å². The fourth-order valence-electron chi connectivity index (χ4n) is 2.67. The predicted molar refractivity (Wildman–Crippen MR) is 68.6 cm³/mol. The Labute approximate surface area is 99.7 Å². The monoisotopic (exact) mass is 223 g/mol. The summed E-state index contributed by atoms with van der Waals surface area (Å²) >= 11 is 0. The average Bonchev–Trinajstić information content (AvgIpc) is 2.26. The van der Waals surface area contributed by atoms with Crippen LogP contribution in [0.4, 0.5) is 0 Å². The van der Waals surface area contributed by atoms with E-state index in [1.54, 1.807) is 0 Å². The predicted octanol–water partition coefficient (Wildman–Crippen LogP) is 3.18. The van der Waals surface area contributed by atoms with Gasteiger partial charge in [0.1, 0.15) is 0 Å². The number of hydrogen-bond donors (Lipinski definition) is 0. The highest BCUT2D eigenvalue weighted by molar-refractivity contribution is 5.88. The Bertz CT molecular complexity index is 262. The molecule has 0 aromatic heterocycles. The number of carbonyl (C=O) groups excluding carboxylic acids is 1. The van der Waals surface area contributed by atoms with E-state index in [0.29, 0.717) is 12.2 Å². The summed E-state index contributed by atoms with van der Waals surface area (Å²) in [6, 6.07) is 0. The van der Waals surface area contributed by atoms with Gasteiger partial charge in [0, 0.05) is 6.42 Å². The van der Waals surface area contributed by atoms with Crippen molar-refractivity contribution in [2.45, 2.75) is 57.4 Å². The van der Waals surface area contributed by atoms with Crippen LogP contribution in [0.5, 0.6) is 0 Å². The van der Waals surface area contributed by atoms with Crippen LogP contribution in [0.2, 0.25) is 0 Å². The van der Waals surface area contributed by atoms with Crippen LogP contribution in [-0.2, 0) is 4.79 Å². The SMILES string of the molecule is C=C(C)CCC(=O)C1(N(C)C)CCCCC1. The van der Waals surface area contributed by atoms with E-state index in [9.17, 15) is 4.79 Å². The van der Waals surface area contributed by atoms with Crippen LogP contribution in [0.15, 0.2) is 12.2 Å². The van der Waals surface area contributed by atoms with Crippen molar-refractivity contribution in [1.29, 1.82) is 0 Å². The Balaban J connectivity index is 2.68. The van der Waals surface area contributed by atoms with E-state index in [0.717, 1.165) is 24.8 Å². The van der Waals surface area contributed by atoms with Gasteiger partial charge in [0.05, 0.1) is 5.54 Å². The molecule has 0 unspecified atom stereocenters. The molecule has 92 valence electrons. The lowest BCUT2D eigenvalue weighted by Gasteiger charge is -2.41. The van der Waals surface area contributed by atoms with Crippen LogP contribution in [0.3, 0.4) is 0 Å². The first-order valence-corrected chi connectivity index (χ1v) is 6.34. The maximum absolute atomic E-state index is 12.4. The molecule has 1 rings (SSSR count). The van der Waals surface area contributed by atoms with Gasteiger partial charge in [0.2, 0.25) is 0 Å². The van der Waals surface area contributed by atoms with Gasteiger partial charge in [-0.3, -0.25) is 9.69 Å². The molecule has 0 aliphatic heterocycles. The van der Waals surface area contributed by atoms with Gasteiger partial charge in [-0.25, -0.2) is 0 Å². The summed E-state index contributed by atoms with van der Waals surface area (Å²) in [5, 5.41) is 0. The molecule has 16 heavy (non-hydrogen) atoms. The summed E-state index contributed by atoms with van der Waals surface area (Å²) in [5.74, 6) is 0.417. The molecule has 0 aromatic rings. The highest BCUT2D eigenvalue weighted by atomic mass is 16.1. The average molecular weight is 223 g/mol. The van der Waals surface area contributed by atoms with Crippen molar-refractivity contribution in [3.05, 3.63) is 12.2 Å². The fourth-order valence-corrected chi connectivity index (χ4v) is 2.67. The molecule has 0 atom stereocenters. The standard InChI is InChI=1S/C14H25NO/c1-12(2)8-9-13(16)14(15(3)4)10-6-5-7-11-14/h1,5-11H2,2-4H3. The minimum Gasteiger partial charge on any atom is -0.298 e. The van der Waals surface area contributed by atoms with Gasteiger partial charge in [-0.05, 0) is 40.3 Å². The van der Waals surface area contributed by atoms with Gasteiger partial charge >= 0.3 is 0 Å². The molecule has 0 N–H and O–H groups in total. The zero-order valence-corrected chi connectivity index (χ0v) is 11.0. The third-order valence-corrected chi connectivity index (χ3v) is 3.83. The number of nitrogens with zero attached hydrogens (tertiary/aromatic N) is 1. The van der Waals surface area contributed by atoms with Crippen molar-refractivity contribution in [3.63, 3.8) is 0 Å². The zero-order chi connectivity index (χ0) is 12.2. The summed E-state index contributed by atoms with van der Waals surface area (Å²) in [6.45, 7) is 5.87. The van der Waals surface area contributed by atoms with Crippen molar-refractivity contribution >= 4 is 5.78 Å². The molecule has 1 aliphatic carbocycles. The summed E-state index contributed by atoms with van der Waals surface area (Å²) in [7, 11) is 4.09. The van der Waals surface area contributed by atoms with E-state index in [-0.39, 0.29) is 5.54 Å². The molecular weight excluding hydrogens is 198 g/mol. The van der Waals surface area contributed by atoms with Crippen LogP contribution in [0.25, 0.3) is 0 Å². The van der Waals surface area contributed by atoms with Gasteiger partial charge in [-0.1, -0.05) is 24.8 Å². The number of rotatable bonds is 5. The van der Waals surface area contributed by atoms with Crippen LogP contribution in [0.1, 0.15) is 51.9 Å². The molecule has 0 amide bonds. The molecule has 0 bridgehead atoms. The number of carbonyl (C=O) groups is 1. The highest BCUT2D eigenvalue weighted by Crippen LogP contribution is 2.34. The lowest BCUT2D eigenvalue weighted by molar-refractivity contribution is -0.131. The molecule has 2 nitrogen and oxygen atoms in total. The molecular formula is C14H25NO. The van der Waals surface area contributed by atoms with Crippen LogP contribution < -0.4 is 0 Å². The zero-order valence-electron chi connectivity index (χ0n) is 11.0. The number of hydrogen-bond acceptors (Lipinski definition) is 2. The first kappa shape index (κ1) is 13.4. The Kier molecular flexibility index (Phi) is 4.72. The van der Waals surface area contributed by atoms with Crippen molar-refractivity contribution in [2.24, 2.45) is 0 Å². The number of likely N-dealkylation sites (N-methyl/N-ethyl adjacent to an activating group) is 1. The highest BCUT2D eigenvalue weighted by Gasteiger charge is 2.40. The summed E-state index contributed by atoms with van der Waals surface area (Å²) in [4.78, 5) is 14.5. The first-order chi connectivity index (χ1) is 7.49. The smallest absolute Gasteiger partial charge is 0.153 e. The molecule has 2 heteroatoms. The van der Waals surface area contributed by atoms with E-state index < -0.39 is 0 Å². The number of Topliss-reactive ketones (excluding diaryl/α,β-unsaturated/α-hetero) is 1. The minimum absolute atomic E-state index is 0.173. The van der Waals surface area contributed by atoms with E-state index in [4.69, 9.17) is 0 Å². The molecule has 0 saturated heterocycles. The maximum atomic E-state index is 12.4. The lowest BCUT2D eigenvalue weighted by atomic mass is 9.76. The first-order valence-electron chi connectivity index (χ1n) is 6.34. The summed E-state index contributed by atoms with van der Waals surface area (Å²) < 4.78 is 0. The van der Waals surface area contributed by atoms with Gasteiger partial charge in [-0.2, -0.15) is 0 Å². The molecule has 1 fully saturated rings. The maximum Gasteiger partial charge on any atom is 0.153 e. The third-order valence-electron chi connectivity index (χ3n) is 3.83. The van der Waals surface area contributed by atoms with Crippen LogP contribution in [-0.4, -0.2) is 30.3 Å². The van der Waals surface area contributed by atoms with Crippen molar-refractivity contribution in [3.8, 4) is 0 Å². The van der Waals surface area contributed by atoms with Crippen molar-refractivity contribution in [2.75, 3.05) is 14.1 Å². The second-order valence-corrected chi connectivity index (χ2v) is 5.37. The fraction of sp³-hybridized carbons (Fsp3) is 0.786. The summed E-state index contributed by atoms with van der Waals surface area (Å²) in [6.07, 6.45) is 7.24. The normalized spacial score (nSPS) is 19.8. The van der Waals surface area contributed by atoms with Gasteiger partial charge in [0.25, 0.3) is 0 Å². The largest absolute Gasteiger partial charge is 0.298 e. The van der Waals surface area contributed by atoms with Crippen LogP contribution in [0, 0.1) is 0 Å². The summed E-state index contributed by atoms with van der Waals surface area (Å²) in [5.41, 5.74) is 0.936. The number of allylic oxidation sites excluding steroid dienone is 1. The minimum atomic E-state index is -0.173. The third kappa shape index (κ3) is 2.94. The van der Waals surface area contributed by atoms with Gasteiger partial charge in [0.15, 0.2) is 5.78 Å². The van der Waals surface area contributed by atoms with Gasteiger partial charge in [-0.15, -0.1) is 6.58 Å².